The van der Waals surface area contributed by atoms with Gasteiger partial charge in [0.25, 0.3) is 0 Å². The molecular formula is C10H16NNaO4. The van der Waals surface area contributed by atoms with Crippen LogP contribution in [-0.4, -0.2) is 22.5 Å². The van der Waals surface area contributed by atoms with E-state index < -0.39 is 11.4 Å². The molecule has 0 aromatic carbocycles. The van der Waals surface area contributed by atoms with Gasteiger partial charge in [-0.1, -0.05) is 12.8 Å². The fourth-order valence-electron chi connectivity index (χ4n) is 3.60. The van der Waals surface area contributed by atoms with Gasteiger partial charge in [0.05, 0.1) is 6.42 Å². The molecule has 0 heterocycles. The molecule has 0 saturated heterocycles. The summed E-state index contributed by atoms with van der Waals surface area (Å²) >= 11 is 0. The van der Waals surface area contributed by atoms with Crippen LogP contribution >= 0.6 is 0 Å². The van der Waals surface area contributed by atoms with Crippen LogP contribution in [0.1, 0.15) is 33.5 Å². The maximum absolute atomic E-state index is 10.8. The third-order valence-electron chi connectivity index (χ3n) is 4.06. The van der Waals surface area contributed by atoms with E-state index in [9.17, 15) is 14.9 Å². The van der Waals surface area contributed by atoms with Gasteiger partial charge in [-0.3, -0.25) is 14.9 Å². The van der Waals surface area contributed by atoms with Gasteiger partial charge in [-0.15, -0.1) is 0 Å². The van der Waals surface area contributed by atoms with Gasteiger partial charge in [0, 0.05) is 10.3 Å². The Morgan fingerprint density at radius 2 is 2.25 bits per heavy atom. The number of carboxylic acids is 1. The molecule has 3 atom stereocenters. The first kappa shape index (κ1) is 13.9. The van der Waals surface area contributed by atoms with Gasteiger partial charge in [-0.25, -0.2) is 0 Å². The van der Waals surface area contributed by atoms with E-state index in [1.54, 1.807) is 0 Å². The molecule has 16 heavy (non-hydrogen) atoms. The molecule has 6 heteroatoms. The Morgan fingerprint density at radius 1 is 1.56 bits per heavy atom. The van der Waals surface area contributed by atoms with E-state index in [4.69, 9.17) is 5.11 Å². The van der Waals surface area contributed by atoms with E-state index in [1.807, 2.05) is 0 Å². The molecule has 0 bridgehead atoms. The number of aliphatic carboxylic acids is 1. The molecule has 2 rings (SSSR count). The molecule has 0 spiro atoms. The van der Waals surface area contributed by atoms with Crippen molar-refractivity contribution in [2.45, 2.75) is 32.1 Å². The summed E-state index contributed by atoms with van der Waals surface area (Å²) in [7, 11) is 0. The van der Waals surface area contributed by atoms with Crippen LogP contribution in [0.25, 0.3) is 0 Å². The summed E-state index contributed by atoms with van der Waals surface area (Å²) in [6.07, 6.45) is 3.92. The Labute approximate surface area is 118 Å². The monoisotopic (exact) mass is 237 g/mol. The first-order valence-electron chi connectivity index (χ1n) is 5.37. The van der Waals surface area contributed by atoms with Gasteiger partial charge in [-0.05, 0) is 24.7 Å². The SMILES string of the molecule is O=C(O)C[C@@]1(C[N+](=O)[O-])C[C@H]2CCC[C@H]21.[H-].[Na+]. The number of nitrogens with zero attached hydrogens (tertiary/aromatic N) is 1. The van der Waals surface area contributed by atoms with Gasteiger partial charge in [0.1, 0.15) is 0 Å². The van der Waals surface area contributed by atoms with Crippen LogP contribution in [0.15, 0.2) is 0 Å². The molecule has 0 amide bonds. The summed E-state index contributed by atoms with van der Waals surface area (Å²) in [5.41, 5.74) is -0.531. The van der Waals surface area contributed by atoms with Crippen LogP contribution in [0.2, 0.25) is 0 Å². The van der Waals surface area contributed by atoms with Crippen molar-refractivity contribution < 1.29 is 45.8 Å². The molecule has 0 unspecified atom stereocenters. The number of hydrogen-bond donors (Lipinski definition) is 1. The first-order valence-corrected chi connectivity index (χ1v) is 5.37. The number of nitro groups is 1. The van der Waals surface area contributed by atoms with E-state index >= 15 is 0 Å². The van der Waals surface area contributed by atoms with E-state index in [0.717, 1.165) is 25.7 Å². The van der Waals surface area contributed by atoms with Crippen LogP contribution in [0.3, 0.4) is 0 Å². The summed E-state index contributed by atoms with van der Waals surface area (Å²) < 4.78 is 0. The minimum atomic E-state index is -0.901. The van der Waals surface area contributed by atoms with Gasteiger partial charge in [0.2, 0.25) is 6.54 Å². The molecule has 0 aromatic rings. The largest absolute Gasteiger partial charge is 1.00 e. The summed E-state index contributed by atoms with van der Waals surface area (Å²) in [6, 6.07) is 0. The number of fused-ring (bicyclic) bond motifs is 1. The minimum absolute atomic E-state index is 0. The van der Waals surface area contributed by atoms with Gasteiger partial charge < -0.3 is 6.53 Å². The van der Waals surface area contributed by atoms with Gasteiger partial charge in [0.15, 0.2) is 0 Å². The Balaban J connectivity index is 0.00000128. The topological polar surface area (TPSA) is 80.4 Å². The normalized spacial score (nSPS) is 35.8. The molecule has 5 nitrogen and oxygen atoms in total. The standard InChI is InChI=1S/C10H15NO4.Na.H/c12-9(13)5-10(6-11(14)15)4-7-2-1-3-8(7)10;;/h7-8H,1-6H2,(H,12,13);;/q;+1;-1/t7-,8-,10-;;/m1../s1. The van der Waals surface area contributed by atoms with Crippen molar-refractivity contribution in [3.05, 3.63) is 10.1 Å². The molecule has 0 aliphatic heterocycles. The van der Waals surface area contributed by atoms with Crippen molar-refractivity contribution in [2.24, 2.45) is 17.3 Å². The Kier molecular flexibility index (Phi) is 4.37. The molecule has 0 radical (unpaired) electrons. The number of carbonyl (C=O) groups is 1. The zero-order chi connectivity index (χ0) is 11.1. The molecule has 2 saturated carbocycles. The maximum Gasteiger partial charge on any atom is 1.00 e. The Hall–Kier alpha value is -0.130. The molecule has 2 aliphatic carbocycles. The molecule has 2 aliphatic rings. The van der Waals surface area contributed by atoms with Crippen molar-refractivity contribution in [3.63, 3.8) is 0 Å². The molecule has 1 N–H and O–H groups in total. The van der Waals surface area contributed by atoms with Gasteiger partial charge >= 0.3 is 35.5 Å². The van der Waals surface area contributed by atoms with Crippen molar-refractivity contribution in [1.29, 1.82) is 0 Å². The Bertz CT molecular complexity index is 297. The molecule has 86 valence electrons. The molecule has 0 aromatic heterocycles. The van der Waals surface area contributed by atoms with E-state index in [2.05, 4.69) is 0 Å². The maximum atomic E-state index is 10.8. The third-order valence-corrected chi connectivity index (χ3v) is 4.06. The minimum Gasteiger partial charge on any atom is -1.00 e. The van der Waals surface area contributed by atoms with E-state index in [0.29, 0.717) is 11.8 Å². The van der Waals surface area contributed by atoms with Crippen molar-refractivity contribution >= 4 is 5.97 Å². The summed E-state index contributed by atoms with van der Waals surface area (Å²) in [5.74, 6) is -0.0505. The van der Waals surface area contributed by atoms with Crippen LogP contribution in [0.5, 0.6) is 0 Å². The zero-order valence-electron chi connectivity index (χ0n) is 10.5. The molecule has 2 fully saturated rings. The van der Waals surface area contributed by atoms with Crippen LogP contribution in [0.4, 0.5) is 0 Å². The van der Waals surface area contributed by atoms with E-state index in [-0.39, 0.29) is 48.9 Å². The average molecular weight is 237 g/mol. The number of carboxylic acid groups (broad SMARTS) is 1. The summed E-state index contributed by atoms with van der Waals surface area (Å²) in [4.78, 5) is 21.0. The van der Waals surface area contributed by atoms with Gasteiger partial charge in [-0.2, -0.15) is 0 Å². The third kappa shape index (κ3) is 2.41. The quantitative estimate of drug-likeness (QED) is 0.373. The second kappa shape index (κ2) is 5.02. The second-order valence-corrected chi connectivity index (χ2v) is 4.93. The smallest absolute Gasteiger partial charge is 1.00 e. The summed E-state index contributed by atoms with van der Waals surface area (Å²) in [6.45, 7) is -0.166. The second-order valence-electron chi connectivity index (χ2n) is 4.93. The zero-order valence-corrected chi connectivity index (χ0v) is 11.5. The van der Waals surface area contributed by atoms with Crippen LogP contribution < -0.4 is 29.6 Å². The fraction of sp³-hybridized carbons (Fsp3) is 0.900. The predicted molar refractivity (Wildman–Crippen MR) is 53.1 cm³/mol. The van der Waals surface area contributed by atoms with Crippen molar-refractivity contribution in [2.75, 3.05) is 6.54 Å². The Morgan fingerprint density at radius 3 is 2.75 bits per heavy atom. The number of rotatable bonds is 4. The average Bonchev–Trinajstić information content (AvgIpc) is 2.44. The van der Waals surface area contributed by atoms with Crippen LogP contribution in [-0.2, 0) is 4.79 Å². The summed E-state index contributed by atoms with van der Waals surface area (Å²) in [5, 5.41) is 19.4. The van der Waals surface area contributed by atoms with Crippen LogP contribution in [0, 0.1) is 27.4 Å². The van der Waals surface area contributed by atoms with Crippen molar-refractivity contribution in [1.82, 2.24) is 0 Å². The molecular weight excluding hydrogens is 221 g/mol. The van der Waals surface area contributed by atoms with Crippen molar-refractivity contribution in [3.8, 4) is 0 Å². The number of hydrogen-bond acceptors (Lipinski definition) is 3. The van der Waals surface area contributed by atoms with E-state index in [1.165, 1.54) is 0 Å². The first-order chi connectivity index (χ1) is 7.03. The fourth-order valence-corrected chi connectivity index (χ4v) is 3.60. The predicted octanol–water partition coefficient (Wildman–Crippen LogP) is -1.34.